The lowest BCUT2D eigenvalue weighted by Gasteiger charge is -2.32. The number of fused-ring (bicyclic) bond motifs is 3. The molecule has 2 fully saturated rings. The van der Waals surface area contributed by atoms with Crippen molar-refractivity contribution in [2.45, 2.75) is 49.6 Å². The topological polar surface area (TPSA) is 134 Å². The minimum absolute atomic E-state index is 0.0467. The average molecular weight is 606 g/mol. The van der Waals surface area contributed by atoms with Crippen LogP contribution in [-0.4, -0.2) is 101 Å². The predicted molar refractivity (Wildman–Crippen MR) is 161 cm³/mol. The van der Waals surface area contributed by atoms with Gasteiger partial charge in [-0.1, -0.05) is 11.8 Å². The van der Waals surface area contributed by atoms with Gasteiger partial charge in [-0.05, 0) is 67.8 Å². The van der Waals surface area contributed by atoms with Crippen LogP contribution in [0.4, 0.5) is 0 Å². The molecule has 3 aromatic rings. The zero-order valence-corrected chi connectivity index (χ0v) is 25.9. The van der Waals surface area contributed by atoms with Crippen molar-refractivity contribution in [3.05, 3.63) is 60.9 Å². The quantitative estimate of drug-likeness (QED) is 0.356. The summed E-state index contributed by atoms with van der Waals surface area (Å²) in [5.41, 5.74) is 2.09. The number of tetrazole rings is 1. The third kappa shape index (κ3) is 4.71. The highest BCUT2D eigenvalue weighted by Gasteiger charge is 2.52. The van der Waals surface area contributed by atoms with Gasteiger partial charge in [-0.25, -0.2) is 0 Å². The highest BCUT2D eigenvalue weighted by atomic mass is 32.1. The van der Waals surface area contributed by atoms with Crippen molar-refractivity contribution in [3.8, 4) is 6.07 Å². The van der Waals surface area contributed by atoms with Gasteiger partial charge in [0, 0.05) is 56.2 Å². The van der Waals surface area contributed by atoms with Gasteiger partial charge in [0.05, 0.1) is 21.2 Å². The average Bonchev–Trinajstić information content (AvgIpc) is 3.47. The van der Waals surface area contributed by atoms with Gasteiger partial charge in [0.25, 0.3) is 11.8 Å². The van der Waals surface area contributed by atoms with E-state index < -0.39 is 5.41 Å². The van der Waals surface area contributed by atoms with E-state index in [0.29, 0.717) is 47.0 Å². The molecule has 0 radical (unpaired) electrons. The van der Waals surface area contributed by atoms with Crippen LogP contribution in [0.2, 0.25) is 0 Å². The molecule has 220 valence electrons. The lowest BCUT2D eigenvalue weighted by Crippen LogP contribution is -2.38. The number of H-pyrrole nitrogens is 1. The molecule has 0 aromatic carbocycles. The van der Waals surface area contributed by atoms with Gasteiger partial charge in [-0.2, -0.15) is 10.5 Å². The summed E-state index contributed by atoms with van der Waals surface area (Å²) in [7, 11) is 7.03. The molecule has 4 heterocycles. The number of piperidine rings is 1. The second kappa shape index (κ2) is 10.9. The Balaban J connectivity index is 1.38. The van der Waals surface area contributed by atoms with E-state index in [1.165, 1.54) is 22.7 Å². The summed E-state index contributed by atoms with van der Waals surface area (Å²) in [4.78, 5) is 35.1. The maximum Gasteiger partial charge on any atom is 0.263 e. The van der Waals surface area contributed by atoms with Gasteiger partial charge >= 0.3 is 0 Å². The molecule has 11 nitrogen and oxygen atoms in total. The number of nitrogens with one attached hydrogen (secondary N) is 2. The van der Waals surface area contributed by atoms with E-state index in [1.54, 1.807) is 38.0 Å². The molecule has 2 amide bonds. The van der Waals surface area contributed by atoms with Crippen LogP contribution in [0.25, 0.3) is 0 Å². The largest absolute Gasteiger partial charge is 0.355 e. The van der Waals surface area contributed by atoms with Crippen molar-refractivity contribution >= 4 is 34.5 Å². The summed E-state index contributed by atoms with van der Waals surface area (Å²) in [6.07, 6.45) is 4.14. The first kappa shape index (κ1) is 28.5. The molecule has 6 rings (SSSR count). The first-order chi connectivity index (χ1) is 20.1. The van der Waals surface area contributed by atoms with Crippen LogP contribution in [-0.2, 0) is 18.3 Å². The molecule has 2 N–H and O–H groups in total. The van der Waals surface area contributed by atoms with Crippen LogP contribution in [0, 0.1) is 17.2 Å². The highest BCUT2D eigenvalue weighted by molar-refractivity contribution is 7.15. The van der Waals surface area contributed by atoms with Crippen molar-refractivity contribution in [2.75, 3.05) is 41.3 Å². The Morgan fingerprint density at radius 2 is 1.74 bits per heavy atom. The van der Waals surface area contributed by atoms with Crippen molar-refractivity contribution in [1.29, 1.82) is 5.26 Å². The molecule has 1 unspecified atom stereocenters. The number of amides is 2. The van der Waals surface area contributed by atoms with E-state index in [0.717, 1.165) is 52.3 Å². The summed E-state index contributed by atoms with van der Waals surface area (Å²) in [6, 6.07) is 6.77. The maximum absolute atomic E-state index is 13.1. The molecule has 42 heavy (non-hydrogen) atoms. The molecule has 1 saturated heterocycles. The minimum Gasteiger partial charge on any atom is -0.355 e. The summed E-state index contributed by atoms with van der Waals surface area (Å²) in [5.74, 6) is 1.04. The summed E-state index contributed by atoms with van der Waals surface area (Å²) in [6.45, 7) is 5.47. The van der Waals surface area contributed by atoms with E-state index in [-0.39, 0.29) is 17.9 Å². The van der Waals surface area contributed by atoms with Crippen LogP contribution in [0.5, 0.6) is 0 Å². The van der Waals surface area contributed by atoms with E-state index in [1.807, 2.05) is 12.1 Å². The molecular weight excluding hydrogens is 571 g/mol. The fourth-order valence-corrected chi connectivity index (χ4v) is 9.09. The van der Waals surface area contributed by atoms with Crippen LogP contribution in [0.15, 0.2) is 24.4 Å². The number of aromatic nitrogens is 4. The van der Waals surface area contributed by atoms with Gasteiger partial charge in [0.15, 0.2) is 5.82 Å². The highest BCUT2D eigenvalue weighted by Crippen LogP contribution is 2.51. The number of hydrogen-bond donors (Lipinski definition) is 2. The standard InChI is InChI=1S/C29H35N9O2S2/c1-16(38-18(14-30)10-17-11-21(17)38)15-31-9-8-29(28-32-34-35-33-28)19-12-24(26(39)36(2)3)41-22(19)6-7-23-20(29)13-25(42-23)27(40)37(4)5/h12-13,17-18,21,31H,1,6-11,15H2,2-5H3,(H,32,33,34,35)/t17-,18?,21+/m1/s1. The van der Waals surface area contributed by atoms with Gasteiger partial charge in [-0.3, -0.25) is 9.59 Å². The second-order valence-corrected chi connectivity index (χ2v) is 14.1. The Morgan fingerprint density at radius 3 is 2.26 bits per heavy atom. The lowest BCUT2D eigenvalue weighted by atomic mass is 9.71. The summed E-state index contributed by atoms with van der Waals surface area (Å²) >= 11 is 3.05. The SMILES string of the molecule is C=C(CNCCC1(c2nn[nH]n2)c2cc(C(=O)N(C)C)sc2CCc2sc(C(=O)N(C)C)cc21)N1C(C#N)C[C@@H]2C[C@@H]21. The normalized spacial score (nSPS) is 21.5. The third-order valence-electron chi connectivity index (χ3n) is 8.70. The number of aromatic amines is 1. The Bertz CT molecular complexity index is 1500. The third-order valence-corrected chi connectivity index (χ3v) is 11.1. The summed E-state index contributed by atoms with van der Waals surface area (Å²) in [5, 5.41) is 28.9. The Kier molecular flexibility index (Phi) is 7.41. The number of nitriles is 1. The molecule has 3 atom stereocenters. The van der Waals surface area contributed by atoms with Crippen LogP contribution in [0.1, 0.15) is 65.3 Å². The zero-order valence-electron chi connectivity index (χ0n) is 24.3. The molecule has 13 heteroatoms. The Hall–Kier alpha value is -3.60. The number of nitrogens with zero attached hydrogens (tertiary/aromatic N) is 7. The fourth-order valence-electron chi connectivity index (χ4n) is 6.57. The van der Waals surface area contributed by atoms with Crippen molar-refractivity contribution in [1.82, 2.24) is 40.6 Å². The number of thiophene rings is 2. The molecule has 1 saturated carbocycles. The van der Waals surface area contributed by atoms with Crippen LogP contribution >= 0.6 is 22.7 Å². The number of aryl methyl sites for hydroxylation is 2. The minimum atomic E-state index is -0.824. The number of hydrogen-bond acceptors (Lipinski definition) is 10. The van der Waals surface area contributed by atoms with Crippen molar-refractivity contribution in [3.63, 3.8) is 0 Å². The Labute approximate surface area is 253 Å². The Morgan fingerprint density at radius 1 is 1.12 bits per heavy atom. The fraction of sp³-hybridized carbons (Fsp3) is 0.517. The lowest BCUT2D eigenvalue weighted by molar-refractivity contribution is 0.0825. The molecule has 0 spiro atoms. The van der Waals surface area contributed by atoms with Gasteiger partial charge in [-0.15, -0.1) is 32.9 Å². The van der Waals surface area contributed by atoms with Crippen LogP contribution in [0.3, 0.4) is 0 Å². The molecular formula is C29H35N9O2S2. The molecule has 3 aromatic heterocycles. The summed E-state index contributed by atoms with van der Waals surface area (Å²) < 4.78 is 0. The molecule has 1 aliphatic heterocycles. The van der Waals surface area contributed by atoms with Crippen molar-refractivity contribution < 1.29 is 9.59 Å². The number of rotatable bonds is 9. The first-order valence-electron chi connectivity index (χ1n) is 14.2. The van der Waals surface area contributed by atoms with E-state index >= 15 is 0 Å². The maximum atomic E-state index is 13.1. The second-order valence-electron chi connectivity index (χ2n) is 11.8. The number of carbonyl (C=O) groups is 2. The molecule has 0 bridgehead atoms. The van der Waals surface area contributed by atoms with Gasteiger partial charge < -0.3 is 20.0 Å². The van der Waals surface area contributed by atoms with E-state index in [2.05, 4.69) is 43.5 Å². The number of likely N-dealkylation sites (tertiary alicyclic amines) is 1. The van der Waals surface area contributed by atoms with E-state index in [4.69, 9.17) is 0 Å². The monoisotopic (exact) mass is 605 g/mol. The first-order valence-corrected chi connectivity index (χ1v) is 15.8. The van der Waals surface area contributed by atoms with E-state index in [9.17, 15) is 14.9 Å². The van der Waals surface area contributed by atoms with Crippen LogP contribution < -0.4 is 5.32 Å². The van der Waals surface area contributed by atoms with Gasteiger partial charge in [0.1, 0.15) is 6.04 Å². The molecule has 3 aliphatic rings. The smallest absolute Gasteiger partial charge is 0.263 e. The molecule has 2 aliphatic carbocycles. The zero-order chi connectivity index (χ0) is 29.8. The predicted octanol–water partition coefficient (Wildman–Crippen LogP) is 2.64. The van der Waals surface area contributed by atoms with Gasteiger partial charge in [0.2, 0.25) is 0 Å². The van der Waals surface area contributed by atoms with Crippen molar-refractivity contribution in [2.24, 2.45) is 5.92 Å². The number of carbonyl (C=O) groups excluding carboxylic acids is 2.